The predicted octanol–water partition coefficient (Wildman–Crippen LogP) is 2.66. The molecule has 0 spiro atoms. The minimum absolute atomic E-state index is 0.0666. The summed E-state index contributed by atoms with van der Waals surface area (Å²) in [6, 6.07) is 7.45. The molecule has 3 aromatic heterocycles. The monoisotopic (exact) mass is 323 g/mol. The van der Waals surface area contributed by atoms with Crippen LogP contribution in [0.4, 0.5) is 0 Å². The third kappa shape index (κ3) is 3.27. The predicted molar refractivity (Wildman–Crippen MR) is 91.8 cm³/mol. The highest BCUT2D eigenvalue weighted by atomic mass is 16.1. The van der Waals surface area contributed by atoms with Crippen LogP contribution in [0.3, 0.4) is 0 Å². The fraction of sp³-hybridized carbons (Fsp3) is 0.333. The Hall–Kier alpha value is -2.76. The second kappa shape index (κ2) is 6.03. The molecule has 6 nitrogen and oxygen atoms in total. The van der Waals surface area contributed by atoms with E-state index in [0.717, 1.165) is 17.0 Å². The molecule has 0 aliphatic heterocycles. The first-order valence-corrected chi connectivity index (χ1v) is 7.89. The number of carbonyl (C=O) groups excluding carboxylic acids is 1. The topological polar surface area (TPSA) is 72.2 Å². The molecule has 6 heteroatoms. The van der Waals surface area contributed by atoms with Gasteiger partial charge in [0.2, 0.25) is 0 Å². The second-order valence-electron chi connectivity index (χ2n) is 6.88. The van der Waals surface area contributed by atoms with E-state index in [1.807, 2.05) is 25.1 Å². The van der Waals surface area contributed by atoms with E-state index in [0.29, 0.717) is 17.9 Å². The summed E-state index contributed by atoms with van der Waals surface area (Å²) in [6.07, 6.45) is 3.44. The summed E-state index contributed by atoms with van der Waals surface area (Å²) >= 11 is 0. The largest absolute Gasteiger partial charge is 0.347 e. The molecule has 0 aliphatic carbocycles. The summed E-state index contributed by atoms with van der Waals surface area (Å²) in [6.45, 7) is 8.65. The normalized spacial score (nSPS) is 11.7. The summed E-state index contributed by atoms with van der Waals surface area (Å²) in [5.74, 6) is -0.206. The van der Waals surface area contributed by atoms with E-state index in [4.69, 9.17) is 0 Å². The minimum Gasteiger partial charge on any atom is -0.347 e. The van der Waals surface area contributed by atoms with Gasteiger partial charge in [0.05, 0.1) is 5.69 Å². The van der Waals surface area contributed by atoms with Crippen LogP contribution in [0.1, 0.15) is 48.2 Å². The highest BCUT2D eigenvalue weighted by Gasteiger charge is 2.20. The standard InChI is InChI=1S/C18H21N5O/c1-12-8-14(17(24)20-11-13-6-5-7-19-10-13)21-16-9-15(18(2,3)4)22-23(12)16/h5-10H,11H2,1-4H3,(H,20,24). The van der Waals surface area contributed by atoms with Gasteiger partial charge in [0.25, 0.3) is 5.91 Å². The number of rotatable bonds is 3. The van der Waals surface area contributed by atoms with E-state index < -0.39 is 0 Å². The smallest absolute Gasteiger partial charge is 0.270 e. The lowest BCUT2D eigenvalue weighted by Gasteiger charge is -2.13. The number of fused-ring (bicyclic) bond motifs is 1. The summed E-state index contributed by atoms with van der Waals surface area (Å²) in [7, 11) is 0. The van der Waals surface area contributed by atoms with Crippen LogP contribution in [0.15, 0.2) is 36.7 Å². The molecular formula is C18H21N5O. The molecule has 0 saturated heterocycles. The lowest BCUT2D eigenvalue weighted by atomic mass is 9.93. The van der Waals surface area contributed by atoms with Gasteiger partial charge in [-0.3, -0.25) is 9.78 Å². The Morgan fingerprint density at radius 3 is 2.75 bits per heavy atom. The maximum Gasteiger partial charge on any atom is 0.270 e. The Kier molecular flexibility index (Phi) is 4.05. The molecule has 3 rings (SSSR count). The maximum atomic E-state index is 12.4. The first-order chi connectivity index (χ1) is 11.3. The average molecular weight is 323 g/mol. The summed E-state index contributed by atoms with van der Waals surface area (Å²) in [5.41, 5.74) is 3.79. The van der Waals surface area contributed by atoms with Gasteiger partial charge in [-0.2, -0.15) is 5.10 Å². The zero-order valence-corrected chi connectivity index (χ0v) is 14.4. The van der Waals surface area contributed by atoms with Crippen molar-refractivity contribution in [3.05, 3.63) is 59.3 Å². The van der Waals surface area contributed by atoms with Crippen LogP contribution in [-0.4, -0.2) is 25.5 Å². The van der Waals surface area contributed by atoms with Gasteiger partial charge in [-0.25, -0.2) is 9.50 Å². The van der Waals surface area contributed by atoms with Crippen LogP contribution in [0, 0.1) is 6.92 Å². The molecule has 1 N–H and O–H groups in total. The van der Waals surface area contributed by atoms with E-state index in [1.54, 1.807) is 23.0 Å². The number of aryl methyl sites for hydroxylation is 1. The Balaban J connectivity index is 1.85. The van der Waals surface area contributed by atoms with E-state index in [2.05, 4.69) is 41.2 Å². The highest BCUT2D eigenvalue weighted by molar-refractivity contribution is 5.92. The molecule has 0 radical (unpaired) electrons. The van der Waals surface area contributed by atoms with Crippen LogP contribution in [0.2, 0.25) is 0 Å². The van der Waals surface area contributed by atoms with Crippen molar-refractivity contribution in [2.24, 2.45) is 0 Å². The summed E-state index contributed by atoms with van der Waals surface area (Å²) in [5, 5.41) is 7.46. The van der Waals surface area contributed by atoms with Crippen LogP contribution >= 0.6 is 0 Å². The van der Waals surface area contributed by atoms with Crippen molar-refractivity contribution in [3.63, 3.8) is 0 Å². The molecule has 124 valence electrons. The number of aromatic nitrogens is 4. The fourth-order valence-corrected chi connectivity index (χ4v) is 2.38. The SMILES string of the molecule is Cc1cc(C(=O)NCc2cccnc2)nc2cc(C(C)(C)C)nn12. The van der Waals surface area contributed by atoms with E-state index in [1.165, 1.54) is 0 Å². The zero-order chi connectivity index (χ0) is 17.3. The number of pyridine rings is 1. The van der Waals surface area contributed by atoms with Crippen molar-refractivity contribution in [1.29, 1.82) is 0 Å². The van der Waals surface area contributed by atoms with Crippen LogP contribution in [0.25, 0.3) is 5.65 Å². The van der Waals surface area contributed by atoms with E-state index >= 15 is 0 Å². The first kappa shape index (κ1) is 16.1. The third-order valence-electron chi connectivity index (χ3n) is 3.78. The number of carbonyl (C=O) groups is 1. The maximum absolute atomic E-state index is 12.4. The number of amides is 1. The van der Waals surface area contributed by atoms with Crippen molar-refractivity contribution in [2.75, 3.05) is 0 Å². The number of nitrogens with zero attached hydrogens (tertiary/aromatic N) is 4. The molecule has 0 atom stereocenters. The zero-order valence-electron chi connectivity index (χ0n) is 14.4. The van der Waals surface area contributed by atoms with Gasteiger partial charge >= 0.3 is 0 Å². The van der Waals surface area contributed by atoms with E-state index in [9.17, 15) is 4.79 Å². The molecule has 0 aliphatic rings. The Labute approximate surface area is 141 Å². The molecule has 3 aromatic rings. The number of nitrogens with one attached hydrogen (secondary N) is 1. The lowest BCUT2D eigenvalue weighted by Crippen LogP contribution is -2.24. The lowest BCUT2D eigenvalue weighted by molar-refractivity contribution is 0.0946. The minimum atomic E-state index is -0.206. The molecule has 3 heterocycles. The van der Waals surface area contributed by atoms with Crippen molar-refractivity contribution in [1.82, 2.24) is 24.9 Å². The van der Waals surface area contributed by atoms with Crippen molar-refractivity contribution >= 4 is 11.6 Å². The van der Waals surface area contributed by atoms with Gasteiger partial charge in [-0.1, -0.05) is 26.8 Å². The van der Waals surface area contributed by atoms with Gasteiger partial charge in [0.1, 0.15) is 5.69 Å². The van der Waals surface area contributed by atoms with Gasteiger partial charge in [-0.05, 0) is 24.6 Å². The molecule has 0 unspecified atom stereocenters. The Morgan fingerprint density at radius 2 is 2.08 bits per heavy atom. The molecule has 0 aromatic carbocycles. The molecule has 0 saturated carbocycles. The van der Waals surface area contributed by atoms with Crippen molar-refractivity contribution in [2.45, 2.75) is 39.7 Å². The van der Waals surface area contributed by atoms with Gasteiger partial charge < -0.3 is 5.32 Å². The fourth-order valence-electron chi connectivity index (χ4n) is 2.38. The van der Waals surface area contributed by atoms with Gasteiger partial charge in [-0.15, -0.1) is 0 Å². The van der Waals surface area contributed by atoms with Gasteiger partial charge in [0.15, 0.2) is 5.65 Å². The molecule has 0 fully saturated rings. The summed E-state index contributed by atoms with van der Waals surface area (Å²) in [4.78, 5) is 20.9. The number of hydrogen-bond donors (Lipinski definition) is 1. The van der Waals surface area contributed by atoms with Crippen LogP contribution < -0.4 is 5.32 Å². The van der Waals surface area contributed by atoms with Gasteiger partial charge in [0, 0.05) is 36.1 Å². The molecule has 1 amide bonds. The average Bonchev–Trinajstić information content (AvgIpc) is 2.98. The molecule has 0 bridgehead atoms. The Bertz CT molecular complexity index is 878. The second-order valence-corrected chi connectivity index (χ2v) is 6.88. The van der Waals surface area contributed by atoms with Crippen LogP contribution in [0.5, 0.6) is 0 Å². The quantitative estimate of drug-likeness (QED) is 0.804. The summed E-state index contributed by atoms with van der Waals surface area (Å²) < 4.78 is 1.78. The highest BCUT2D eigenvalue weighted by Crippen LogP contribution is 2.22. The molecule has 24 heavy (non-hydrogen) atoms. The Morgan fingerprint density at radius 1 is 1.29 bits per heavy atom. The van der Waals surface area contributed by atoms with Crippen molar-refractivity contribution < 1.29 is 4.79 Å². The van der Waals surface area contributed by atoms with Crippen molar-refractivity contribution in [3.8, 4) is 0 Å². The van der Waals surface area contributed by atoms with E-state index in [-0.39, 0.29) is 11.3 Å². The first-order valence-electron chi connectivity index (χ1n) is 7.89. The third-order valence-corrected chi connectivity index (χ3v) is 3.78. The molecular weight excluding hydrogens is 302 g/mol. The van der Waals surface area contributed by atoms with Crippen LogP contribution in [-0.2, 0) is 12.0 Å². The number of hydrogen-bond acceptors (Lipinski definition) is 4.